The maximum atomic E-state index is 9.91. The minimum atomic E-state index is -0.627. The Morgan fingerprint density at radius 3 is 2.50 bits per heavy atom. The van der Waals surface area contributed by atoms with Crippen LogP contribution in [0.5, 0.6) is 0 Å². The van der Waals surface area contributed by atoms with E-state index in [1.165, 1.54) is 0 Å². The van der Waals surface area contributed by atoms with E-state index in [4.69, 9.17) is 18.9 Å². The highest BCUT2D eigenvalue weighted by atomic mass is 16.8. The number of rotatable bonds is 1. The fourth-order valence-corrected chi connectivity index (χ4v) is 2.93. The van der Waals surface area contributed by atoms with Crippen LogP contribution >= 0.6 is 0 Å². The molecular weight excluding hydrogens is 212 g/mol. The smallest absolute Gasteiger partial charge is 0.187 e. The summed E-state index contributed by atoms with van der Waals surface area (Å²) < 4.78 is 22.7. The molecule has 16 heavy (non-hydrogen) atoms. The molecule has 5 nitrogen and oxygen atoms in total. The lowest BCUT2D eigenvalue weighted by molar-refractivity contribution is -0.289. The van der Waals surface area contributed by atoms with Crippen LogP contribution in [-0.4, -0.2) is 48.2 Å². The van der Waals surface area contributed by atoms with Gasteiger partial charge in [-0.2, -0.15) is 0 Å². The third-order valence-corrected chi connectivity index (χ3v) is 3.82. The largest absolute Gasteiger partial charge is 0.390 e. The van der Waals surface area contributed by atoms with Gasteiger partial charge in [0, 0.05) is 7.11 Å². The van der Waals surface area contributed by atoms with Crippen molar-refractivity contribution < 1.29 is 24.1 Å². The molecule has 0 radical (unpaired) electrons. The first-order valence-electron chi connectivity index (χ1n) is 5.73. The van der Waals surface area contributed by atoms with E-state index in [0.717, 1.165) is 12.8 Å². The molecule has 0 aromatic heterocycles. The lowest BCUT2D eigenvalue weighted by atomic mass is 9.73. The van der Waals surface area contributed by atoms with Crippen molar-refractivity contribution in [3.8, 4) is 0 Å². The molecule has 1 spiro atoms. The lowest BCUT2D eigenvalue weighted by Crippen LogP contribution is -2.59. The van der Waals surface area contributed by atoms with Gasteiger partial charge in [-0.3, -0.25) is 0 Å². The molecule has 5 heteroatoms. The Morgan fingerprint density at radius 2 is 2.00 bits per heavy atom. The molecule has 3 aliphatic rings. The van der Waals surface area contributed by atoms with Gasteiger partial charge in [0.05, 0.1) is 6.10 Å². The van der Waals surface area contributed by atoms with Crippen LogP contribution in [0.1, 0.15) is 26.7 Å². The van der Waals surface area contributed by atoms with E-state index in [-0.39, 0.29) is 12.2 Å². The van der Waals surface area contributed by atoms with Crippen molar-refractivity contribution in [1.29, 1.82) is 0 Å². The number of ether oxygens (including phenoxy) is 4. The van der Waals surface area contributed by atoms with Gasteiger partial charge >= 0.3 is 0 Å². The van der Waals surface area contributed by atoms with Crippen LogP contribution in [0.2, 0.25) is 0 Å². The van der Waals surface area contributed by atoms with Crippen LogP contribution in [0, 0.1) is 0 Å². The fourth-order valence-electron chi connectivity index (χ4n) is 2.93. The molecule has 0 bridgehead atoms. The highest BCUT2D eigenvalue weighted by molar-refractivity contribution is 5.13. The third kappa shape index (κ3) is 1.23. The van der Waals surface area contributed by atoms with E-state index in [9.17, 15) is 5.11 Å². The molecule has 0 aromatic rings. The lowest BCUT2D eigenvalue weighted by Gasteiger charge is -2.45. The molecule has 2 aliphatic heterocycles. The van der Waals surface area contributed by atoms with Crippen LogP contribution in [0.25, 0.3) is 0 Å². The van der Waals surface area contributed by atoms with Crippen molar-refractivity contribution in [2.45, 2.75) is 62.7 Å². The molecule has 0 amide bonds. The molecule has 1 N–H and O–H groups in total. The normalized spacial score (nSPS) is 54.0. The maximum absolute atomic E-state index is 9.91. The second-order valence-electron chi connectivity index (χ2n) is 5.25. The van der Waals surface area contributed by atoms with Gasteiger partial charge < -0.3 is 24.1 Å². The second-order valence-corrected chi connectivity index (χ2v) is 5.25. The van der Waals surface area contributed by atoms with Crippen LogP contribution in [0.3, 0.4) is 0 Å². The van der Waals surface area contributed by atoms with Crippen LogP contribution in [0.4, 0.5) is 0 Å². The van der Waals surface area contributed by atoms with Crippen LogP contribution < -0.4 is 0 Å². The highest BCUT2D eigenvalue weighted by Crippen LogP contribution is 2.52. The molecule has 5 atom stereocenters. The van der Waals surface area contributed by atoms with E-state index in [1.54, 1.807) is 7.11 Å². The Labute approximate surface area is 94.6 Å². The molecule has 2 unspecified atom stereocenters. The van der Waals surface area contributed by atoms with Gasteiger partial charge in [0.25, 0.3) is 0 Å². The van der Waals surface area contributed by atoms with Crippen molar-refractivity contribution in [2.24, 2.45) is 0 Å². The standard InChI is InChI=1S/C11H18O5/c1-10(2)14-7-8(15-10)11(5-4-6(11)12)16-9(7)13-3/h6-9,12H,4-5H2,1-3H3/t6-,7+,8?,9?,11-/m1/s1. The number of hydrogen-bond acceptors (Lipinski definition) is 5. The fraction of sp³-hybridized carbons (Fsp3) is 1.00. The Kier molecular flexibility index (Phi) is 2.17. The molecular formula is C11H18O5. The Balaban J connectivity index is 1.89. The van der Waals surface area contributed by atoms with Gasteiger partial charge in [0.15, 0.2) is 12.1 Å². The summed E-state index contributed by atoms with van der Waals surface area (Å²) in [5.74, 6) is -0.627. The molecule has 2 heterocycles. The van der Waals surface area contributed by atoms with Gasteiger partial charge in [-0.1, -0.05) is 0 Å². The Morgan fingerprint density at radius 1 is 1.25 bits per heavy atom. The first-order chi connectivity index (χ1) is 7.48. The molecule has 1 saturated carbocycles. The summed E-state index contributed by atoms with van der Waals surface area (Å²) >= 11 is 0. The number of aliphatic hydroxyl groups excluding tert-OH is 1. The topological polar surface area (TPSA) is 57.2 Å². The summed E-state index contributed by atoms with van der Waals surface area (Å²) in [5, 5.41) is 9.91. The molecule has 1 aliphatic carbocycles. The first kappa shape index (κ1) is 10.9. The number of hydrogen-bond donors (Lipinski definition) is 1. The molecule has 2 saturated heterocycles. The highest BCUT2D eigenvalue weighted by Gasteiger charge is 2.68. The summed E-state index contributed by atoms with van der Waals surface area (Å²) in [6.45, 7) is 3.74. The Hall–Kier alpha value is -0.200. The van der Waals surface area contributed by atoms with Gasteiger partial charge in [-0.15, -0.1) is 0 Å². The van der Waals surface area contributed by atoms with Gasteiger partial charge in [-0.05, 0) is 26.7 Å². The number of fused-ring (bicyclic) bond motifs is 2. The van der Waals surface area contributed by atoms with E-state index in [2.05, 4.69) is 0 Å². The van der Waals surface area contributed by atoms with Crippen LogP contribution in [0.15, 0.2) is 0 Å². The minimum absolute atomic E-state index is 0.226. The second kappa shape index (κ2) is 3.17. The van der Waals surface area contributed by atoms with Crippen molar-refractivity contribution >= 4 is 0 Å². The summed E-state index contributed by atoms with van der Waals surface area (Å²) in [5.41, 5.74) is -0.612. The van der Waals surface area contributed by atoms with Crippen molar-refractivity contribution in [3.63, 3.8) is 0 Å². The monoisotopic (exact) mass is 230 g/mol. The van der Waals surface area contributed by atoms with Gasteiger partial charge in [0.2, 0.25) is 0 Å². The predicted molar refractivity (Wildman–Crippen MR) is 53.7 cm³/mol. The molecule has 92 valence electrons. The number of aliphatic hydroxyl groups is 1. The minimum Gasteiger partial charge on any atom is -0.390 e. The zero-order valence-corrected chi connectivity index (χ0v) is 9.80. The molecule has 3 fully saturated rings. The quantitative estimate of drug-likeness (QED) is 0.706. The van der Waals surface area contributed by atoms with Gasteiger partial charge in [-0.25, -0.2) is 0 Å². The summed E-state index contributed by atoms with van der Waals surface area (Å²) in [7, 11) is 1.58. The van der Waals surface area contributed by atoms with E-state index < -0.39 is 23.8 Å². The van der Waals surface area contributed by atoms with E-state index in [0.29, 0.717) is 0 Å². The van der Waals surface area contributed by atoms with E-state index >= 15 is 0 Å². The van der Waals surface area contributed by atoms with E-state index in [1.807, 2.05) is 13.8 Å². The average molecular weight is 230 g/mol. The molecule has 3 rings (SSSR count). The zero-order chi connectivity index (χ0) is 11.6. The Bertz CT molecular complexity index is 305. The van der Waals surface area contributed by atoms with Crippen molar-refractivity contribution in [1.82, 2.24) is 0 Å². The van der Waals surface area contributed by atoms with Crippen LogP contribution in [-0.2, 0) is 18.9 Å². The summed E-state index contributed by atoms with van der Waals surface area (Å²) in [4.78, 5) is 0. The SMILES string of the molecule is COC1O[C@@]2(CC[C@H]2O)C2OC(C)(C)O[C@H]12. The zero-order valence-electron chi connectivity index (χ0n) is 9.80. The predicted octanol–water partition coefficient (Wildman–Crippen LogP) is 0.403. The third-order valence-electron chi connectivity index (χ3n) is 3.82. The summed E-state index contributed by atoms with van der Waals surface area (Å²) in [6, 6.07) is 0. The average Bonchev–Trinajstić information content (AvgIpc) is 2.68. The number of methoxy groups -OCH3 is 1. The molecule has 0 aromatic carbocycles. The van der Waals surface area contributed by atoms with Crippen molar-refractivity contribution in [3.05, 3.63) is 0 Å². The summed E-state index contributed by atoms with van der Waals surface area (Å²) in [6.07, 6.45) is 0.170. The van der Waals surface area contributed by atoms with Crippen molar-refractivity contribution in [2.75, 3.05) is 7.11 Å². The first-order valence-corrected chi connectivity index (χ1v) is 5.73. The van der Waals surface area contributed by atoms with Gasteiger partial charge in [0.1, 0.15) is 17.8 Å². The maximum Gasteiger partial charge on any atom is 0.187 e.